The van der Waals surface area contributed by atoms with Crippen molar-refractivity contribution in [1.82, 2.24) is 23.6 Å². The normalized spacial score (nSPS) is 11.5. The minimum Gasteiger partial charge on any atom is -0.354 e. The van der Waals surface area contributed by atoms with E-state index in [0.29, 0.717) is 30.2 Å². The third-order valence-corrected chi connectivity index (χ3v) is 5.21. The summed E-state index contributed by atoms with van der Waals surface area (Å²) < 4.78 is 17.5. The topological polar surface area (TPSA) is 77.1 Å². The highest BCUT2D eigenvalue weighted by Gasteiger charge is 2.19. The van der Waals surface area contributed by atoms with E-state index < -0.39 is 11.2 Å². The van der Waals surface area contributed by atoms with E-state index in [-0.39, 0.29) is 5.82 Å². The molecule has 0 bridgehead atoms. The average molecular weight is 402 g/mol. The van der Waals surface area contributed by atoms with Crippen LogP contribution in [0.15, 0.2) is 33.9 Å². The second-order valence-electron chi connectivity index (χ2n) is 6.98. The van der Waals surface area contributed by atoms with Gasteiger partial charge in [0.15, 0.2) is 11.2 Å². The van der Waals surface area contributed by atoms with Crippen LogP contribution in [0.1, 0.15) is 19.4 Å². The maximum atomic E-state index is 13.3. The Bertz CT molecular complexity index is 1110. The number of benzene rings is 1. The number of imidazole rings is 1. The Morgan fingerprint density at radius 2 is 1.72 bits per heavy atom. The fourth-order valence-electron chi connectivity index (χ4n) is 3.37. The Morgan fingerprint density at radius 1 is 1.07 bits per heavy atom. The molecule has 3 rings (SSSR count). The number of hydrogen-bond acceptors (Lipinski definition) is 5. The van der Waals surface area contributed by atoms with Gasteiger partial charge in [0.25, 0.3) is 5.56 Å². The van der Waals surface area contributed by atoms with E-state index >= 15 is 0 Å². The van der Waals surface area contributed by atoms with Gasteiger partial charge < -0.3 is 10.2 Å². The fraction of sp³-hybridized carbons (Fsp3) is 0.450. The van der Waals surface area contributed by atoms with Crippen molar-refractivity contribution in [1.29, 1.82) is 0 Å². The third-order valence-electron chi connectivity index (χ3n) is 5.21. The number of hydrogen-bond donors (Lipinski definition) is 1. The molecule has 0 saturated heterocycles. The summed E-state index contributed by atoms with van der Waals surface area (Å²) in [5.74, 6) is 0.190. The number of anilines is 1. The van der Waals surface area contributed by atoms with Crippen molar-refractivity contribution in [2.75, 3.05) is 31.5 Å². The Labute approximate surface area is 168 Å². The highest BCUT2D eigenvalue weighted by atomic mass is 19.1. The average Bonchev–Trinajstić information content (AvgIpc) is 3.08. The summed E-state index contributed by atoms with van der Waals surface area (Å²) in [5, 5.41) is 3.30. The molecule has 0 spiro atoms. The molecule has 0 aliphatic carbocycles. The summed E-state index contributed by atoms with van der Waals surface area (Å²) in [4.78, 5) is 32.0. The van der Waals surface area contributed by atoms with E-state index in [0.717, 1.165) is 29.8 Å². The summed E-state index contributed by atoms with van der Waals surface area (Å²) in [6.07, 6.45) is 0. The van der Waals surface area contributed by atoms with Gasteiger partial charge in [-0.15, -0.1) is 0 Å². The lowest BCUT2D eigenvalue weighted by Gasteiger charge is -2.18. The van der Waals surface area contributed by atoms with Gasteiger partial charge in [-0.3, -0.25) is 18.5 Å². The van der Waals surface area contributed by atoms with E-state index in [2.05, 4.69) is 29.0 Å². The van der Waals surface area contributed by atoms with E-state index in [4.69, 9.17) is 0 Å². The summed E-state index contributed by atoms with van der Waals surface area (Å²) >= 11 is 0. The maximum absolute atomic E-state index is 13.3. The van der Waals surface area contributed by atoms with Crippen LogP contribution >= 0.6 is 0 Å². The zero-order valence-corrected chi connectivity index (χ0v) is 17.3. The highest BCUT2D eigenvalue weighted by Crippen LogP contribution is 2.18. The zero-order chi connectivity index (χ0) is 21.1. The highest BCUT2D eigenvalue weighted by molar-refractivity contribution is 5.74. The van der Waals surface area contributed by atoms with Crippen LogP contribution in [0.25, 0.3) is 11.2 Å². The van der Waals surface area contributed by atoms with E-state index in [9.17, 15) is 14.0 Å². The minimum atomic E-state index is -0.427. The van der Waals surface area contributed by atoms with Gasteiger partial charge in [-0.25, -0.2) is 9.18 Å². The summed E-state index contributed by atoms with van der Waals surface area (Å²) in [7, 11) is 3.05. The molecule has 3 aromatic rings. The Kier molecular flexibility index (Phi) is 6.17. The Morgan fingerprint density at radius 3 is 2.34 bits per heavy atom. The van der Waals surface area contributed by atoms with Crippen LogP contribution in [0.5, 0.6) is 0 Å². The summed E-state index contributed by atoms with van der Waals surface area (Å²) in [6, 6.07) is 6.12. The van der Waals surface area contributed by atoms with Crippen LogP contribution in [0, 0.1) is 5.82 Å². The molecule has 0 fully saturated rings. The number of rotatable bonds is 8. The van der Waals surface area contributed by atoms with Crippen LogP contribution in [-0.4, -0.2) is 49.8 Å². The molecule has 1 N–H and O–H groups in total. The van der Waals surface area contributed by atoms with Crippen LogP contribution in [-0.2, 0) is 20.6 Å². The van der Waals surface area contributed by atoms with Gasteiger partial charge in [-0.05, 0) is 30.8 Å². The van der Waals surface area contributed by atoms with Crippen molar-refractivity contribution in [2.24, 2.45) is 14.1 Å². The molecule has 0 unspecified atom stereocenters. The predicted molar refractivity (Wildman–Crippen MR) is 112 cm³/mol. The lowest BCUT2D eigenvalue weighted by atomic mass is 10.2. The Hall–Kier alpha value is -2.94. The van der Waals surface area contributed by atoms with Crippen LogP contribution < -0.4 is 16.6 Å². The van der Waals surface area contributed by atoms with Gasteiger partial charge in [0.1, 0.15) is 5.82 Å². The van der Waals surface area contributed by atoms with Crippen molar-refractivity contribution < 1.29 is 4.39 Å². The van der Waals surface area contributed by atoms with E-state index in [1.165, 1.54) is 23.7 Å². The first-order valence-electron chi connectivity index (χ1n) is 9.74. The second-order valence-corrected chi connectivity index (χ2v) is 6.98. The lowest BCUT2D eigenvalue weighted by Crippen LogP contribution is -2.37. The van der Waals surface area contributed by atoms with Crippen LogP contribution in [0.2, 0.25) is 0 Å². The van der Waals surface area contributed by atoms with Crippen molar-refractivity contribution >= 4 is 17.1 Å². The molecule has 29 heavy (non-hydrogen) atoms. The number of likely N-dealkylation sites (N-methyl/N-ethyl adjacent to an activating group) is 1. The molecule has 0 amide bonds. The number of halogens is 1. The SMILES string of the molecule is CCN(CC)CCNc1nc2c(c(=O)n(C)c(=O)n2C)n1Cc1ccc(F)cc1. The largest absolute Gasteiger partial charge is 0.354 e. The van der Waals surface area contributed by atoms with Gasteiger partial charge in [-0.2, -0.15) is 4.98 Å². The van der Waals surface area contributed by atoms with Crippen LogP contribution in [0.3, 0.4) is 0 Å². The molecule has 0 aliphatic heterocycles. The first kappa shape index (κ1) is 20.8. The minimum absolute atomic E-state index is 0.319. The van der Waals surface area contributed by atoms with Crippen molar-refractivity contribution in [3.63, 3.8) is 0 Å². The van der Waals surface area contributed by atoms with Gasteiger partial charge in [-0.1, -0.05) is 26.0 Å². The molecule has 0 aliphatic rings. The molecular formula is C20H27FN6O2. The van der Waals surface area contributed by atoms with Gasteiger partial charge in [0.2, 0.25) is 5.95 Å². The molecule has 2 aromatic heterocycles. The monoisotopic (exact) mass is 402 g/mol. The zero-order valence-electron chi connectivity index (χ0n) is 17.3. The third kappa shape index (κ3) is 4.09. The molecule has 8 nitrogen and oxygen atoms in total. The summed E-state index contributed by atoms with van der Waals surface area (Å²) in [5.41, 5.74) is 0.654. The maximum Gasteiger partial charge on any atom is 0.332 e. The lowest BCUT2D eigenvalue weighted by molar-refractivity contribution is 0.315. The fourth-order valence-corrected chi connectivity index (χ4v) is 3.37. The van der Waals surface area contributed by atoms with Crippen molar-refractivity contribution in [3.05, 3.63) is 56.5 Å². The Balaban J connectivity index is 2.07. The molecule has 0 atom stereocenters. The van der Waals surface area contributed by atoms with Crippen molar-refractivity contribution in [2.45, 2.75) is 20.4 Å². The first-order chi connectivity index (χ1) is 13.9. The molecule has 2 heterocycles. The number of nitrogens with zero attached hydrogens (tertiary/aromatic N) is 5. The number of aryl methyl sites for hydroxylation is 1. The second kappa shape index (κ2) is 8.60. The molecule has 1 aromatic carbocycles. The number of fused-ring (bicyclic) bond motifs is 1. The summed E-state index contributed by atoms with van der Waals surface area (Å²) in [6.45, 7) is 7.89. The van der Waals surface area contributed by atoms with Gasteiger partial charge in [0, 0.05) is 27.2 Å². The van der Waals surface area contributed by atoms with Crippen LogP contribution in [0.4, 0.5) is 10.3 Å². The predicted octanol–water partition coefficient (Wildman–Crippen LogP) is 1.37. The van der Waals surface area contributed by atoms with E-state index in [1.807, 2.05) is 0 Å². The molecule has 0 saturated carbocycles. The number of nitrogens with one attached hydrogen (secondary N) is 1. The molecule has 0 radical (unpaired) electrons. The first-order valence-corrected chi connectivity index (χ1v) is 9.74. The molecule has 156 valence electrons. The molecular weight excluding hydrogens is 375 g/mol. The van der Waals surface area contributed by atoms with Gasteiger partial charge in [0.05, 0.1) is 6.54 Å². The standard InChI is InChI=1S/C20H27FN6O2/c1-5-26(6-2)12-11-22-19-23-17-16(18(28)25(4)20(29)24(17)3)27(19)13-14-7-9-15(21)10-8-14/h7-10H,5-6,11-13H2,1-4H3,(H,22,23). The van der Waals surface area contributed by atoms with Crippen molar-refractivity contribution in [3.8, 4) is 0 Å². The quantitative estimate of drug-likeness (QED) is 0.616. The van der Waals surface area contributed by atoms with E-state index in [1.54, 1.807) is 23.7 Å². The number of aromatic nitrogens is 4. The van der Waals surface area contributed by atoms with Gasteiger partial charge >= 0.3 is 5.69 Å². The molecule has 9 heteroatoms. The smallest absolute Gasteiger partial charge is 0.332 e.